The first kappa shape index (κ1) is 11.7. The Balaban J connectivity index is 2.22. The molecule has 0 aliphatic rings. The molecule has 2 rings (SSSR count). The number of ether oxygens (including phenoxy) is 2. The fraction of sp³-hybridized carbons (Fsp3) is 0.286. The van der Waals surface area contributed by atoms with Crippen molar-refractivity contribution in [2.45, 2.75) is 6.42 Å². The van der Waals surface area contributed by atoms with E-state index in [1.54, 1.807) is 7.11 Å². The van der Waals surface area contributed by atoms with Crippen molar-refractivity contribution in [3.63, 3.8) is 0 Å². The van der Waals surface area contributed by atoms with Gasteiger partial charge in [-0.15, -0.1) is 0 Å². The van der Waals surface area contributed by atoms with Gasteiger partial charge >= 0.3 is 0 Å². The number of methoxy groups -OCH3 is 1. The second-order valence-electron chi connectivity index (χ2n) is 3.80. The van der Waals surface area contributed by atoms with Crippen LogP contribution in [0.1, 0.15) is 6.42 Å². The van der Waals surface area contributed by atoms with Crippen LogP contribution in [0.25, 0.3) is 10.8 Å². The first-order valence-electron chi connectivity index (χ1n) is 5.65. The highest BCUT2D eigenvalue weighted by atomic mass is 16.5. The van der Waals surface area contributed by atoms with Crippen molar-refractivity contribution in [3.8, 4) is 11.5 Å². The van der Waals surface area contributed by atoms with Crippen LogP contribution in [0, 0.1) is 0 Å². The van der Waals surface area contributed by atoms with Crippen molar-refractivity contribution in [3.05, 3.63) is 36.4 Å². The largest absolute Gasteiger partial charge is 0.497 e. The van der Waals surface area contributed by atoms with Crippen molar-refractivity contribution in [2.24, 2.45) is 0 Å². The molecule has 2 aromatic carbocycles. The van der Waals surface area contributed by atoms with Crippen LogP contribution in [0.15, 0.2) is 36.4 Å². The van der Waals surface area contributed by atoms with Crippen LogP contribution in [0.5, 0.6) is 11.5 Å². The monoisotopic (exact) mass is 232 g/mol. The Labute approximate surface area is 101 Å². The van der Waals surface area contributed by atoms with E-state index in [-0.39, 0.29) is 6.61 Å². The van der Waals surface area contributed by atoms with Crippen molar-refractivity contribution in [1.82, 2.24) is 0 Å². The van der Waals surface area contributed by atoms with Gasteiger partial charge in [-0.2, -0.15) is 0 Å². The fourth-order valence-corrected chi connectivity index (χ4v) is 1.67. The summed E-state index contributed by atoms with van der Waals surface area (Å²) in [7, 11) is 1.66. The number of rotatable bonds is 5. The van der Waals surface area contributed by atoms with Crippen molar-refractivity contribution >= 4 is 10.8 Å². The lowest BCUT2D eigenvalue weighted by molar-refractivity contribution is 0.234. The van der Waals surface area contributed by atoms with Gasteiger partial charge in [-0.3, -0.25) is 0 Å². The van der Waals surface area contributed by atoms with Gasteiger partial charge in [0.25, 0.3) is 0 Å². The second-order valence-corrected chi connectivity index (χ2v) is 3.80. The molecule has 0 spiro atoms. The zero-order valence-corrected chi connectivity index (χ0v) is 9.85. The lowest BCUT2D eigenvalue weighted by Crippen LogP contribution is -1.99. The molecule has 1 N–H and O–H groups in total. The molecule has 0 saturated heterocycles. The van der Waals surface area contributed by atoms with E-state index in [4.69, 9.17) is 14.6 Å². The van der Waals surface area contributed by atoms with Crippen molar-refractivity contribution < 1.29 is 14.6 Å². The molecule has 0 atom stereocenters. The predicted molar refractivity (Wildman–Crippen MR) is 67.7 cm³/mol. The molecule has 0 aliphatic carbocycles. The lowest BCUT2D eigenvalue weighted by atomic mass is 10.1. The van der Waals surface area contributed by atoms with E-state index >= 15 is 0 Å². The number of aliphatic hydroxyl groups is 1. The van der Waals surface area contributed by atoms with Gasteiger partial charge in [0, 0.05) is 13.0 Å². The quantitative estimate of drug-likeness (QED) is 0.805. The van der Waals surface area contributed by atoms with Gasteiger partial charge in [-0.05, 0) is 35.0 Å². The van der Waals surface area contributed by atoms with Crippen LogP contribution in [0.2, 0.25) is 0 Å². The summed E-state index contributed by atoms with van der Waals surface area (Å²) in [5.74, 6) is 1.66. The molecule has 2 aromatic rings. The summed E-state index contributed by atoms with van der Waals surface area (Å²) in [5.41, 5.74) is 0. The van der Waals surface area contributed by atoms with Crippen LogP contribution < -0.4 is 9.47 Å². The molecule has 90 valence electrons. The summed E-state index contributed by atoms with van der Waals surface area (Å²) in [5, 5.41) is 10.9. The minimum Gasteiger partial charge on any atom is -0.497 e. The minimum atomic E-state index is 0.154. The van der Waals surface area contributed by atoms with E-state index in [1.807, 2.05) is 36.4 Å². The summed E-state index contributed by atoms with van der Waals surface area (Å²) in [6, 6.07) is 11.9. The Hall–Kier alpha value is -1.74. The molecule has 0 radical (unpaired) electrons. The molecular weight excluding hydrogens is 216 g/mol. The predicted octanol–water partition coefficient (Wildman–Crippen LogP) is 2.61. The third-order valence-corrected chi connectivity index (χ3v) is 2.59. The van der Waals surface area contributed by atoms with Gasteiger partial charge in [0.2, 0.25) is 0 Å². The summed E-state index contributed by atoms with van der Waals surface area (Å²) < 4.78 is 10.7. The molecule has 0 saturated carbocycles. The standard InChI is InChI=1S/C14H16O3/c1-16-13-5-3-11-4-6-14(10-12(11)9-13)17-8-2-7-15/h3-6,9-10,15H,2,7-8H2,1H3. The molecule has 3 nitrogen and oxygen atoms in total. The van der Waals surface area contributed by atoms with Gasteiger partial charge in [-0.25, -0.2) is 0 Å². The third kappa shape index (κ3) is 2.88. The van der Waals surface area contributed by atoms with E-state index in [0.29, 0.717) is 13.0 Å². The van der Waals surface area contributed by atoms with Crippen LogP contribution in [0.4, 0.5) is 0 Å². The maximum atomic E-state index is 8.69. The molecule has 0 heterocycles. The summed E-state index contributed by atoms with van der Waals surface area (Å²) >= 11 is 0. The molecule has 0 unspecified atom stereocenters. The van der Waals surface area contributed by atoms with E-state index in [9.17, 15) is 0 Å². The smallest absolute Gasteiger partial charge is 0.119 e. The van der Waals surface area contributed by atoms with Crippen LogP contribution in [0.3, 0.4) is 0 Å². The maximum Gasteiger partial charge on any atom is 0.119 e. The highest BCUT2D eigenvalue weighted by molar-refractivity contribution is 5.85. The number of hydrogen-bond acceptors (Lipinski definition) is 3. The Morgan fingerprint density at radius 3 is 2.41 bits per heavy atom. The molecule has 0 amide bonds. The third-order valence-electron chi connectivity index (χ3n) is 2.59. The fourth-order valence-electron chi connectivity index (χ4n) is 1.67. The van der Waals surface area contributed by atoms with Crippen molar-refractivity contribution in [1.29, 1.82) is 0 Å². The highest BCUT2D eigenvalue weighted by Gasteiger charge is 1.99. The first-order valence-corrected chi connectivity index (χ1v) is 5.65. The van der Waals surface area contributed by atoms with Crippen LogP contribution in [-0.4, -0.2) is 25.4 Å². The Bertz CT molecular complexity index is 494. The average molecular weight is 232 g/mol. The Kier molecular flexibility index (Phi) is 3.83. The molecule has 0 aliphatic heterocycles. The number of benzene rings is 2. The summed E-state index contributed by atoms with van der Waals surface area (Å²) in [6.07, 6.45) is 0.649. The minimum absolute atomic E-state index is 0.154. The van der Waals surface area contributed by atoms with Gasteiger partial charge in [-0.1, -0.05) is 12.1 Å². The zero-order valence-electron chi connectivity index (χ0n) is 9.85. The molecule has 0 bridgehead atoms. The lowest BCUT2D eigenvalue weighted by Gasteiger charge is -2.07. The van der Waals surface area contributed by atoms with Crippen LogP contribution >= 0.6 is 0 Å². The van der Waals surface area contributed by atoms with E-state index in [1.165, 1.54) is 0 Å². The van der Waals surface area contributed by atoms with E-state index < -0.39 is 0 Å². The Morgan fingerprint density at radius 2 is 1.71 bits per heavy atom. The SMILES string of the molecule is COc1ccc2ccc(OCCCO)cc2c1. The van der Waals surface area contributed by atoms with Gasteiger partial charge in [0.15, 0.2) is 0 Å². The number of aliphatic hydroxyl groups excluding tert-OH is 1. The van der Waals surface area contributed by atoms with Gasteiger partial charge < -0.3 is 14.6 Å². The number of fused-ring (bicyclic) bond motifs is 1. The van der Waals surface area contributed by atoms with Crippen molar-refractivity contribution in [2.75, 3.05) is 20.3 Å². The zero-order chi connectivity index (χ0) is 12.1. The topological polar surface area (TPSA) is 38.7 Å². The summed E-state index contributed by atoms with van der Waals surface area (Å²) in [4.78, 5) is 0. The molecule has 17 heavy (non-hydrogen) atoms. The summed E-state index contributed by atoms with van der Waals surface area (Å²) in [6.45, 7) is 0.688. The van der Waals surface area contributed by atoms with E-state index in [0.717, 1.165) is 22.3 Å². The normalized spacial score (nSPS) is 10.5. The molecule has 0 fully saturated rings. The van der Waals surface area contributed by atoms with Gasteiger partial charge in [0.1, 0.15) is 11.5 Å². The second kappa shape index (κ2) is 5.55. The van der Waals surface area contributed by atoms with E-state index in [2.05, 4.69) is 0 Å². The number of hydrogen-bond donors (Lipinski definition) is 1. The molecule has 3 heteroatoms. The maximum absolute atomic E-state index is 8.69. The van der Waals surface area contributed by atoms with Crippen LogP contribution in [-0.2, 0) is 0 Å². The highest BCUT2D eigenvalue weighted by Crippen LogP contribution is 2.24. The first-order chi connectivity index (χ1) is 8.33. The van der Waals surface area contributed by atoms with Gasteiger partial charge in [0.05, 0.1) is 13.7 Å². The molecular formula is C14H16O3. The average Bonchev–Trinajstić information content (AvgIpc) is 2.38. The molecule has 0 aromatic heterocycles. The Morgan fingerprint density at radius 1 is 1.00 bits per heavy atom.